The minimum Gasteiger partial charge on any atom is -0.497 e. The van der Waals surface area contributed by atoms with Crippen molar-refractivity contribution in [1.82, 2.24) is 19.4 Å². The molecule has 0 saturated heterocycles. The number of methoxy groups -OCH3 is 2. The number of nitrogens with zero attached hydrogens (tertiary/aromatic N) is 4. The van der Waals surface area contributed by atoms with Crippen molar-refractivity contribution in [2.24, 2.45) is 0 Å². The van der Waals surface area contributed by atoms with E-state index < -0.39 is 11.9 Å². The number of carbonyl (C=O) groups excluding carboxylic acids is 2. The third-order valence-electron chi connectivity index (χ3n) is 5.84. The van der Waals surface area contributed by atoms with E-state index in [1.54, 1.807) is 55.3 Å². The molecule has 166 valence electrons. The van der Waals surface area contributed by atoms with E-state index in [4.69, 9.17) is 9.47 Å². The van der Waals surface area contributed by atoms with Gasteiger partial charge in [-0.25, -0.2) is 9.97 Å². The summed E-state index contributed by atoms with van der Waals surface area (Å²) in [5, 5.41) is 0. The third kappa shape index (κ3) is 3.59. The van der Waals surface area contributed by atoms with Crippen LogP contribution in [0.4, 0.5) is 0 Å². The lowest BCUT2D eigenvalue weighted by Crippen LogP contribution is -2.48. The van der Waals surface area contributed by atoms with Gasteiger partial charge in [0.25, 0.3) is 11.8 Å². The first kappa shape index (κ1) is 20.7. The lowest BCUT2D eigenvalue weighted by Gasteiger charge is -2.32. The molecular weight excluding hydrogens is 420 g/mol. The molecule has 2 aromatic heterocycles. The van der Waals surface area contributed by atoms with Gasteiger partial charge in [0.2, 0.25) is 5.82 Å². The van der Waals surface area contributed by atoms with Gasteiger partial charge in [0.15, 0.2) is 5.65 Å². The van der Waals surface area contributed by atoms with Crippen molar-refractivity contribution in [3.63, 3.8) is 0 Å². The Morgan fingerprint density at radius 3 is 2.55 bits per heavy atom. The number of hydrogen-bond acceptors (Lipinski definition) is 6. The fourth-order valence-electron chi connectivity index (χ4n) is 4.21. The van der Waals surface area contributed by atoms with Crippen LogP contribution >= 0.6 is 0 Å². The number of imidazole rings is 1. The molecule has 0 spiro atoms. The Balaban J connectivity index is 1.59. The molecule has 8 heteroatoms. The molecule has 0 bridgehead atoms. The topological polar surface area (TPSA) is 86.5 Å². The molecule has 33 heavy (non-hydrogen) atoms. The molecule has 1 atom stereocenters. The van der Waals surface area contributed by atoms with Crippen molar-refractivity contribution >= 4 is 23.0 Å². The summed E-state index contributed by atoms with van der Waals surface area (Å²) >= 11 is 0. The summed E-state index contributed by atoms with van der Waals surface area (Å²) in [5.41, 5.74) is 2.78. The van der Waals surface area contributed by atoms with E-state index in [0.29, 0.717) is 34.6 Å². The second kappa shape index (κ2) is 8.38. The zero-order chi connectivity index (χ0) is 22.9. The van der Waals surface area contributed by atoms with Crippen molar-refractivity contribution in [3.05, 3.63) is 83.8 Å². The Morgan fingerprint density at radius 1 is 0.970 bits per heavy atom. The fraction of sp³-hybridized carbons (Fsp3) is 0.200. The summed E-state index contributed by atoms with van der Waals surface area (Å²) in [6.45, 7) is 0.0623. The van der Waals surface area contributed by atoms with Crippen LogP contribution in [0.5, 0.6) is 11.5 Å². The Bertz CT molecular complexity index is 1350. The fourth-order valence-corrected chi connectivity index (χ4v) is 4.21. The highest BCUT2D eigenvalue weighted by atomic mass is 16.5. The number of rotatable bonds is 6. The van der Waals surface area contributed by atoms with E-state index in [-0.39, 0.29) is 18.3 Å². The van der Waals surface area contributed by atoms with Crippen molar-refractivity contribution < 1.29 is 19.1 Å². The largest absolute Gasteiger partial charge is 0.497 e. The first-order valence-corrected chi connectivity index (χ1v) is 10.5. The van der Waals surface area contributed by atoms with Crippen LogP contribution in [-0.2, 0) is 17.8 Å². The van der Waals surface area contributed by atoms with E-state index in [1.807, 2.05) is 30.3 Å². The average Bonchev–Trinajstić information content (AvgIpc) is 3.25. The number of benzene rings is 2. The number of ether oxygens (including phenoxy) is 2. The average molecular weight is 442 g/mol. The SMILES string of the molecule is COc1ccc(CN2C(=O)c3nc4cccnc4n3C(Cc3ccccc3)C2=O)c(OC)c1. The van der Waals surface area contributed by atoms with Crippen LogP contribution in [0.2, 0.25) is 0 Å². The number of aromatic nitrogens is 3. The summed E-state index contributed by atoms with van der Waals surface area (Å²) in [7, 11) is 3.11. The smallest absolute Gasteiger partial charge is 0.296 e. The first-order chi connectivity index (χ1) is 16.1. The Hall–Kier alpha value is -4.20. The number of amides is 2. The zero-order valence-corrected chi connectivity index (χ0v) is 18.3. The molecule has 2 aromatic carbocycles. The first-order valence-electron chi connectivity index (χ1n) is 10.5. The van der Waals surface area contributed by atoms with Gasteiger partial charge in [0, 0.05) is 24.2 Å². The number of fused-ring (bicyclic) bond motifs is 3. The maximum atomic E-state index is 13.7. The Morgan fingerprint density at radius 2 is 1.79 bits per heavy atom. The molecule has 5 rings (SSSR count). The molecule has 4 aromatic rings. The van der Waals surface area contributed by atoms with E-state index >= 15 is 0 Å². The van der Waals surface area contributed by atoms with Gasteiger partial charge in [0.05, 0.1) is 20.8 Å². The van der Waals surface area contributed by atoms with Crippen LogP contribution in [0.25, 0.3) is 11.2 Å². The van der Waals surface area contributed by atoms with Crippen LogP contribution < -0.4 is 9.47 Å². The lowest BCUT2D eigenvalue weighted by molar-refractivity contribution is -0.133. The van der Waals surface area contributed by atoms with Gasteiger partial charge in [-0.3, -0.25) is 19.1 Å². The summed E-state index contributed by atoms with van der Waals surface area (Å²) in [6.07, 6.45) is 2.05. The highest BCUT2D eigenvalue weighted by molar-refractivity contribution is 6.08. The summed E-state index contributed by atoms with van der Waals surface area (Å²) in [6, 6.07) is 17.9. The van der Waals surface area contributed by atoms with Crippen molar-refractivity contribution in [2.45, 2.75) is 19.0 Å². The Kier molecular flexibility index (Phi) is 5.26. The van der Waals surface area contributed by atoms with Gasteiger partial charge < -0.3 is 9.47 Å². The summed E-state index contributed by atoms with van der Waals surface area (Å²) in [4.78, 5) is 37.4. The maximum absolute atomic E-state index is 13.7. The van der Waals surface area contributed by atoms with E-state index in [2.05, 4.69) is 9.97 Å². The van der Waals surface area contributed by atoms with Gasteiger partial charge in [-0.05, 0) is 29.8 Å². The van der Waals surface area contributed by atoms with Crippen molar-refractivity contribution in [3.8, 4) is 11.5 Å². The third-order valence-corrected chi connectivity index (χ3v) is 5.84. The number of imide groups is 1. The van der Waals surface area contributed by atoms with Crippen LogP contribution in [0.3, 0.4) is 0 Å². The standard InChI is InChI=1S/C25H22N4O4/c1-32-18-11-10-17(21(14-18)33-2)15-28-24(30)20(13-16-7-4-3-5-8-16)29-22-19(9-6-12-26-22)27-23(29)25(28)31/h3-12,14,20H,13,15H2,1-2H3. The highest BCUT2D eigenvalue weighted by Gasteiger charge is 2.41. The van der Waals surface area contributed by atoms with Gasteiger partial charge in [-0.1, -0.05) is 30.3 Å². The minimum absolute atomic E-state index is 0.0623. The maximum Gasteiger partial charge on any atom is 0.296 e. The molecule has 8 nitrogen and oxygen atoms in total. The quantitative estimate of drug-likeness (QED) is 0.426. The molecule has 1 aliphatic heterocycles. The normalized spacial score (nSPS) is 15.6. The molecule has 0 radical (unpaired) electrons. The lowest BCUT2D eigenvalue weighted by atomic mass is 10.0. The van der Waals surface area contributed by atoms with Gasteiger partial charge in [-0.2, -0.15) is 0 Å². The predicted molar refractivity (Wildman–Crippen MR) is 121 cm³/mol. The van der Waals surface area contributed by atoms with Gasteiger partial charge >= 0.3 is 0 Å². The van der Waals surface area contributed by atoms with E-state index in [0.717, 1.165) is 5.56 Å². The molecule has 1 aliphatic rings. The molecule has 0 N–H and O–H groups in total. The molecule has 2 amide bonds. The molecule has 0 saturated carbocycles. The van der Waals surface area contributed by atoms with Crippen molar-refractivity contribution in [1.29, 1.82) is 0 Å². The minimum atomic E-state index is -0.649. The molecule has 3 heterocycles. The zero-order valence-electron chi connectivity index (χ0n) is 18.3. The summed E-state index contributed by atoms with van der Waals surface area (Å²) in [5.74, 6) is 0.605. The molecule has 1 unspecified atom stereocenters. The van der Waals surface area contributed by atoms with Gasteiger partial charge in [0.1, 0.15) is 23.1 Å². The van der Waals surface area contributed by atoms with E-state index in [9.17, 15) is 9.59 Å². The number of carbonyl (C=O) groups is 2. The van der Waals surface area contributed by atoms with Crippen molar-refractivity contribution in [2.75, 3.05) is 14.2 Å². The number of hydrogen-bond donors (Lipinski definition) is 0. The molecule has 0 aliphatic carbocycles. The van der Waals surface area contributed by atoms with Gasteiger partial charge in [-0.15, -0.1) is 0 Å². The summed E-state index contributed by atoms with van der Waals surface area (Å²) < 4.78 is 12.4. The Labute approximate surface area is 190 Å². The predicted octanol–water partition coefficient (Wildman–Crippen LogP) is 3.41. The molecular formula is C25H22N4O4. The second-order valence-electron chi connectivity index (χ2n) is 7.76. The van der Waals surface area contributed by atoms with Crippen LogP contribution in [0.1, 0.15) is 27.8 Å². The number of pyridine rings is 1. The van der Waals surface area contributed by atoms with E-state index in [1.165, 1.54) is 4.90 Å². The van der Waals surface area contributed by atoms with Crippen LogP contribution in [0.15, 0.2) is 66.9 Å². The van der Waals surface area contributed by atoms with Crippen LogP contribution in [0, 0.1) is 0 Å². The molecule has 0 fully saturated rings. The van der Waals surface area contributed by atoms with Crippen LogP contribution in [-0.4, -0.2) is 45.5 Å². The monoisotopic (exact) mass is 442 g/mol. The highest BCUT2D eigenvalue weighted by Crippen LogP contribution is 2.32. The second-order valence-corrected chi connectivity index (χ2v) is 7.76.